The lowest BCUT2D eigenvalue weighted by atomic mass is 9.79. The minimum absolute atomic E-state index is 0.345. The van der Waals surface area contributed by atoms with Gasteiger partial charge in [0.25, 0.3) is 5.91 Å². The van der Waals surface area contributed by atoms with Crippen molar-refractivity contribution in [2.45, 2.75) is 37.1 Å². The first-order valence-corrected chi connectivity index (χ1v) is 10.9. The Balaban J connectivity index is 1.46. The van der Waals surface area contributed by atoms with Crippen molar-refractivity contribution >= 4 is 11.9 Å². The van der Waals surface area contributed by atoms with Crippen molar-refractivity contribution in [1.82, 2.24) is 5.32 Å². The van der Waals surface area contributed by atoms with E-state index < -0.39 is 11.4 Å². The Morgan fingerprint density at radius 2 is 1.38 bits per heavy atom. The number of nitrogens with one attached hydrogen (secondary N) is 1. The van der Waals surface area contributed by atoms with Crippen LogP contribution in [-0.2, 0) is 19.7 Å². The predicted molar refractivity (Wildman–Crippen MR) is 120 cm³/mol. The zero-order valence-corrected chi connectivity index (χ0v) is 17.8. The number of esters is 1. The third kappa shape index (κ3) is 4.72. The molecule has 4 rings (SSSR count). The van der Waals surface area contributed by atoms with Crippen molar-refractivity contribution in [2.24, 2.45) is 0 Å². The molecule has 1 N–H and O–H groups in total. The number of hydrogen-bond acceptors (Lipinski definition) is 3. The first kappa shape index (κ1) is 21.8. The largest absolute Gasteiger partial charge is 0.455 e. The van der Waals surface area contributed by atoms with Crippen molar-refractivity contribution in [2.75, 3.05) is 6.61 Å². The van der Waals surface area contributed by atoms with Crippen LogP contribution in [0.3, 0.4) is 0 Å². The van der Waals surface area contributed by atoms with Crippen LogP contribution in [0.25, 0.3) is 0 Å². The SMILES string of the molecule is O=C(COC(=O)C1(c2ccc(F)cc2)CCCC1)NC(c1ccccc1)c1ccccc1. The van der Waals surface area contributed by atoms with Crippen molar-refractivity contribution in [3.63, 3.8) is 0 Å². The number of amides is 1. The lowest BCUT2D eigenvalue weighted by molar-refractivity contribution is -0.154. The normalized spacial score (nSPS) is 14.8. The highest BCUT2D eigenvalue weighted by atomic mass is 19.1. The molecule has 0 atom stereocenters. The zero-order valence-electron chi connectivity index (χ0n) is 17.8. The van der Waals surface area contributed by atoms with Gasteiger partial charge < -0.3 is 10.1 Å². The Morgan fingerprint density at radius 1 is 0.844 bits per heavy atom. The topological polar surface area (TPSA) is 55.4 Å². The molecule has 3 aromatic carbocycles. The maximum absolute atomic E-state index is 13.4. The second kappa shape index (κ2) is 9.77. The molecule has 0 heterocycles. The standard InChI is InChI=1S/C27H26FNO3/c28-23-15-13-22(14-16-23)27(17-7-8-18-27)26(31)32-19-24(30)29-25(20-9-3-1-4-10-20)21-11-5-2-6-12-21/h1-6,9-16,25H,7-8,17-19H2,(H,29,30). The minimum Gasteiger partial charge on any atom is -0.455 e. The Labute approximate surface area is 187 Å². The summed E-state index contributed by atoms with van der Waals surface area (Å²) < 4.78 is 18.9. The van der Waals surface area contributed by atoms with Crippen LogP contribution in [-0.4, -0.2) is 18.5 Å². The van der Waals surface area contributed by atoms with Gasteiger partial charge in [-0.1, -0.05) is 85.6 Å². The number of benzene rings is 3. The highest BCUT2D eigenvalue weighted by Gasteiger charge is 2.44. The molecule has 0 bridgehead atoms. The van der Waals surface area contributed by atoms with E-state index >= 15 is 0 Å². The van der Waals surface area contributed by atoms with E-state index in [1.54, 1.807) is 12.1 Å². The molecular formula is C27H26FNO3. The van der Waals surface area contributed by atoms with Crippen LogP contribution < -0.4 is 5.32 Å². The second-order valence-electron chi connectivity index (χ2n) is 8.19. The summed E-state index contributed by atoms with van der Waals surface area (Å²) in [7, 11) is 0. The number of hydrogen-bond donors (Lipinski definition) is 1. The fourth-order valence-electron chi connectivity index (χ4n) is 4.48. The van der Waals surface area contributed by atoms with E-state index in [9.17, 15) is 14.0 Å². The Hall–Kier alpha value is -3.47. The van der Waals surface area contributed by atoms with E-state index in [0.717, 1.165) is 29.5 Å². The van der Waals surface area contributed by atoms with Crippen LogP contribution in [0.15, 0.2) is 84.9 Å². The molecule has 5 heteroatoms. The summed E-state index contributed by atoms with van der Waals surface area (Å²) in [5.74, 6) is -1.14. The van der Waals surface area contributed by atoms with Crippen molar-refractivity contribution in [3.05, 3.63) is 107 Å². The van der Waals surface area contributed by atoms with Crippen molar-refractivity contribution in [3.8, 4) is 0 Å². The maximum atomic E-state index is 13.4. The summed E-state index contributed by atoms with van der Waals surface area (Å²) >= 11 is 0. The number of rotatable bonds is 7. The van der Waals surface area contributed by atoms with Gasteiger partial charge in [-0.15, -0.1) is 0 Å². The summed E-state index contributed by atoms with van der Waals surface area (Å²) in [5.41, 5.74) is 1.81. The molecule has 1 amide bonds. The molecule has 3 aromatic rings. The van der Waals surface area contributed by atoms with Gasteiger partial charge in [-0.05, 0) is 41.7 Å². The van der Waals surface area contributed by atoms with Crippen LogP contribution in [0, 0.1) is 5.82 Å². The van der Waals surface area contributed by atoms with E-state index in [0.29, 0.717) is 12.8 Å². The van der Waals surface area contributed by atoms with E-state index in [1.165, 1.54) is 12.1 Å². The van der Waals surface area contributed by atoms with Gasteiger partial charge in [0.1, 0.15) is 5.82 Å². The van der Waals surface area contributed by atoms with Crippen LogP contribution in [0.2, 0.25) is 0 Å². The lowest BCUT2D eigenvalue weighted by Gasteiger charge is -2.27. The van der Waals surface area contributed by atoms with Gasteiger partial charge in [-0.25, -0.2) is 4.39 Å². The Bertz CT molecular complexity index is 1010. The summed E-state index contributed by atoms with van der Waals surface area (Å²) in [6, 6.07) is 25.0. The first-order valence-electron chi connectivity index (χ1n) is 10.9. The van der Waals surface area contributed by atoms with Gasteiger partial charge in [0.05, 0.1) is 11.5 Å². The fraction of sp³-hybridized carbons (Fsp3) is 0.259. The van der Waals surface area contributed by atoms with E-state index in [-0.39, 0.29) is 24.4 Å². The third-order valence-electron chi connectivity index (χ3n) is 6.15. The minimum atomic E-state index is -0.813. The predicted octanol–water partition coefficient (Wildman–Crippen LogP) is 5.09. The highest BCUT2D eigenvalue weighted by molar-refractivity contribution is 5.87. The summed E-state index contributed by atoms with van der Waals surface area (Å²) in [6.45, 7) is -0.363. The molecule has 1 aliphatic rings. The number of carbonyl (C=O) groups is 2. The molecule has 0 aromatic heterocycles. The van der Waals surface area contributed by atoms with Crippen molar-refractivity contribution < 1.29 is 18.7 Å². The van der Waals surface area contributed by atoms with Crippen LogP contribution in [0.5, 0.6) is 0 Å². The molecule has 1 aliphatic carbocycles. The summed E-state index contributed by atoms with van der Waals surface area (Å²) in [6.07, 6.45) is 3.05. The monoisotopic (exact) mass is 431 g/mol. The fourth-order valence-corrected chi connectivity index (χ4v) is 4.48. The zero-order chi connectivity index (χ0) is 22.4. The van der Waals surface area contributed by atoms with Gasteiger partial charge in [0, 0.05) is 0 Å². The van der Waals surface area contributed by atoms with Crippen LogP contribution in [0.4, 0.5) is 4.39 Å². The maximum Gasteiger partial charge on any atom is 0.317 e. The summed E-state index contributed by atoms with van der Waals surface area (Å²) in [5, 5.41) is 2.99. The molecule has 0 radical (unpaired) electrons. The molecular weight excluding hydrogens is 405 g/mol. The molecule has 0 saturated heterocycles. The Morgan fingerprint density at radius 3 is 1.91 bits per heavy atom. The molecule has 0 unspecified atom stereocenters. The number of ether oxygens (including phenoxy) is 1. The van der Waals surface area contributed by atoms with Crippen LogP contribution in [0.1, 0.15) is 48.4 Å². The van der Waals surface area contributed by atoms with Gasteiger partial charge in [-0.2, -0.15) is 0 Å². The smallest absolute Gasteiger partial charge is 0.317 e. The number of halogens is 1. The molecule has 1 fully saturated rings. The Kier molecular flexibility index (Phi) is 6.64. The van der Waals surface area contributed by atoms with E-state index in [2.05, 4.69) is 5.32 Å². The molecule has 164 valence electrons. The molecule has 32 heavy (non-hydrogen) atoms. The van der Waals surface area contributed by atoms with Gasteiger partial charge in [0.2, 0.25) is 0 Å². The number of carbonyl (C=O) groups excluding carboxylic acids is 2. The van der Waals surface area contributed by atoms with Crippen molar-refractivity contribution in [1.29, 1.82) is 0 Å². The highest BCUT2D eigenvalue weighted by Crippen LogP contribution is 2.42. The lowest BCUT2D eigenvalue weighted by Crippen LogP contribution is -2.38. The van der Waals surface area contributed by atoms with Gasteiger partial charge in [-0.3, -0.25) is 9.59 Å². The third-order valence-corrected chi connectivity index (χ3v) is 6.15. The van der Waals surface area contributed by atoms with E-state index in [1.807, 2.05) is 60.7 Å². The summed E-state index contributed by atoms with van der Waals surface area (Å²) in [4.78, 5) is 25.9. The second-order valence-corrected chi connectivity index (χ2v) is 8.19. The quantitative estimate of drug-likeness (QED) is 0.531. The first-order chi connectivity index (χ1) is 15.6. The average Bonchev–Trinajstić information content (AvgIpc) is 3.34. The van der Waals surface area contributed by atoms with Crippen LogP contribution >= 0.6 is 0 Å². The van der Waals surface area contributed by atoms with E-state index in [4.69, 9.17) is 4.74 Å². The average molecular weight is 432 g/mol. The molecule has 0 spiro atoms. The van der Waals surface area contributed by atoms with Gasteiger partial charge in [0.15, 0.2) is 6.61 Å². The molecule has 0 aliphatic heterocycles. The molecule has 4 nitrogen and oxygen atoms in total. The molecule has 1 saturated carbocycles. The van der Waals surface area contributed by atoms with Gasteiger partial charge >= 0.3 is 5.97 Å².